The Hall–Kier alpha value is -2.20. The summed E-state index contributed by atoms with van der Waals surface area (Å²) in [4.78, 5) is 22.0. The first-order valence-electron chi connectivity index (χ1n) is 8.61. The number of carbonyl (C=O) groups excluding carboxylic acids is 1. The van der Waals surface area contributed by atoms with Gasteiger partial charge in [0.15, 0.2) is 5.78 Å². The maximum Gasteiger partial charge on any atom is 0.194 e. The van der Waals surface area contributed by atoms with Gasteiger partial charge >= 0.3 is 0 Å². The van der Waals surface area contributed by atoms with Gasteiger partial charge in [-0.2, -0.15) is 0 Å². The Kier molecular flexibility index (Phi) is 4.95. The molecular weight excluding hydrogens is 298 g/mol. The van der Waals surface area contributed by atoms with Crippen LogP contribution in [0.4, 0.5) is 5.82 Å². The summed E-state index contributed by atoms with van der Waals surface area (Å²) in [6, 6.07) is 12.0. The van der Waals surface area contributed by atoms with E-state index in [0.29, 0.717) is 17.2 Å². The highest BCUT2D eigenvalue weighted by molar-refractivity contribution is 6.09. The molecule has 0 N–H and O–H groups in total. The number of hydrogen-bond donors (Lipinski definition) is 0. The molecule has 1 aliphatic heterocycles. The fourth-order valence-electron chi connectivity index (χ4n) is 3.16. The molecule has 0 radical (unpaired) electrons. The average molecular weight is 323 g/mol. The van der Waals surface area contributed by atoms with E-state index in [1.54, 1.807) is 6.20 Å². The van der Waals surface area contributed by atoms with E-state index in [1.165, 1.54) is 0 Å². The third-order valence-electron chi connectivity index (χ3n) is 4.75. The molecule has 1 saturated heterocycles. The molecule has 1 aliphatic rings. The third kappa shape index (κ3) is 3.49. The van der Waals surface area contributed by atoms with Crippen LogP contribution < -0.4 is 4.90 Å². The second-order valence-corrected chi connectivity index (χ2v) is 6.67. The minimum atomic E-state index is 0.0387. The van der Waals surface area contributed by atoms with E-state index in [-0.39, 0.29) is 5.78 Å². The minimum Gasteiger partial charge on any atom is -0.354 e. The molecule has 0 bridgehead atoms. The summed E-state index contributed by atoms with van der Waals surface area (Å²) in [6.07, 6.45) is 1.73. The molecule has 24 heavy (non-hydrogen) atoms. The first kappa shape index (κ1) is 16.7. The molecule has 1 aromatic carbocycles. The number of pyridine rings is 1. The smallest absolute Gasteiger partial charge is 0.194 e. The zero-order chi connectivity index (χ0) is 17.1. The lowest BCUT2D eigenvalue weighted by Crippen LogP contribution is -2.49. The molecule has 0 atom stereocenters. The summed E-state index contributed by atoms with van der Waals surface area (Å²) in [5.74, 6) is 1.01. The summed E-state index contributed by atoms with van der Waals surface area (Å²) >= 11 is 0. The largest absolute Gasteiger partial charge is 0.354 e. The molecule has 126 valence electrons. The highest BCUT2D eigenvalue weighted by Gasteiger charge is 2.21. The predicted octanol–water partition coefficient (Wildman–Crippen LogP) is 3.15. The fourth-order valence-corrected chi connectivity index (χ4v) is 3.16. The standard InChI is InChI=1S/C20H25N3O/c1-15(2)22-9-11-23(12-10-22)19-13-16(3)18(14-21-19)20(24)17-7-5-4-6-8-17/h4-8,13-15H,9-12H2,1-3H3. The monoisotopic (exact) mass is 323 g/mol. The molecular formula is C20H25N3O. The summed E-state index contributed by atoms with van der Waals surface area (Å²) in [5.41, 5.74) is 2.38. The molecule has 0 amide bonds. The second-order valence-electron chi connectivity index (χ2n) is 6.67. The first-order chi connectivity index (χ1) is 11.6. The van der Waals surface area contributed by atoms with Crippen LogP contribution in [0.25, 0.3) is 0 Å². The average Bonchev–Trinajstić information content (AvgIpc) is 2.62. The number of aromatic nitrogens is 1. The van der Waals surface area contributed by atoms with Gasteiger partial charge < -0.3 is 4.90 Å². The maximum atomic E-state index is 12.6. The maximum absolute atomic E-state index is 12.6. The summed E-state index contributed by atoms with van der Waals surface area (Å²) in [6.45, 7) is 10.6. The highest BCUT2D eigenvalue weighted by Crippen LogP contribution is 2.20. The van der Waals surface area contributed by atoms with E-state index in [1.807, 2.05) is 43.3 Å². The van der Waals surface area contributed by atoms with Crippen molar-refractivity contribution in [3.05, 3.63) is 59.3 Å². The lowest BCUT2D eigenvalue weighted by atomic mass is 10.0. The van der Waals surface area contributed by atoms with E-state index in [2.05, 4.69) is 28.6 Å². The Bertz CT molecular complexity index is 704. The van der Waals surface area contributed by atoms with Crippen LogP contribution in [0.1, 0.15) is 35.3 Å². The zero-order valence-electron chi connectivity index (χ0n) is 14.7. The van der Waals surface area contributed by atoms with Crippen molar-refractivity contribution in [2.24, 2.45) is 0 Å². The third-order valence-corrected chi connectivity index (χ3v) is 4.75. The fraction of sp³-hybridized carbons (Fsp3) is 0.400. The quantitative estimate of drug-likeness (QED) is 0.810. The van der Waals surface area contributed by atoms with Crippen molar-refractivity contribution in [2.45, 2.75) is 26.8 Å². The van der Waals surface area contributed by atoms with Crippen LogP contribution in [-0.4, -0.2) is 47.9 Å². The van der Waals surface area contributed by atoms with E-state index in [4.69, 9.17) is 0 Å². The van der Waals surface area contributed by atoms with E-state index in [9.17, 15) is 4.79 Å². The van der Waals surface area contributed by atoms with Crippen LogP contribution in [-0.2, 0) is 0 Å². The predicted molar refractivity (Wildman–Crippen MR) is 97.8 cm³/mol. The number of hydrogen-bond acceptors (Lipinski definition) is 4. The Labute approximate surface area is 144 Å². The topological polar surface area (TPSA) is 36.4 Å². The van der Waals surface area contributed by atoms with Crippen LogP contribution >= 0.6 is 0 Å². The number of benzene rings is 1. The van der Waals surface area contributed by atoms with Gasteiger partial charge in [-0.15, -0.1) is 0 Å². The number of aryl methyl sites for hydroxylation is 1. The Morgan fingerprint density at radius 2 is 1.75 bits per heavy atom. The Morgan fingerprint density at radius 3 is 2.33 bits per heavy atom. The molecule has 4 heteroatoms. The molecule has 4 nitrogen and oxygen atoms in total. The number of rotatable bonds is 4. The number of piperazine rings is 1. The van der Waals surface area contributed by atoms with E-state index >= 15 is 0 Å². The van der Waals surface area contributed by atoms with Gasteiger partial charge in [-0.05, 0) is 32.4 Å². The van der Waals surface area contributed by atoms with Crippen molar-refractivity contribution in [3.63, 3.8) is 0 Å². The number of nitrogens with zero attached hydrogens (tertiary/aromatic N) is 3. The van der Waals surface area contributed by atoms with Crippen LogP contribution in [0.3, 0.4) is 0 Å². The number of anilines is 1. The van der Waals surface area contributed by atoms with Crippen molar-refractivity contribution >= 4 is 11.6 Å². The Balaban J connectivity index is 1.75. The number of ketones is 1. The molecule has 1 fully saturated rings. The highest BCUT2D eigenvalue weighted by atomic mass is 16.1. The van der Waals surface area contributed by atoms with Crippen LogP contribution in [0.15, 0.2) is 42.6 Å². The molecule has 0 unspecified atom stereocenters. The van der Waals surface area contributed by atoms with Gasteiger partial charge in [0.1, 0.15) is 5.82 Å². The van der Waals surface area contributed by atoms with Gasteiger partial charge in [0.05, 0.1) is 0 Å². The van der Waals surface area contributed by atoms with Crippen molar-refractivity contribution in [1.82, 2.24) is 9.88 Å². The Morgan fingerprint density at radius 1 is 1.08 bits per heavy atom. The molecule has 2 heterocycles. The van der Waals surface area contributed by atoms with Crippen molar-refractivity contribution in [1.29, 1.82) is 0 Å². The lowest BCUT2D eigenvalue weighted by molar-refractivity contribution is 0.103. The summed E-state index contributed by atoms with van der Waals surface area (Å²) < 4.78 is 0. The van der Waals surface area contributed by atoms with E-state index < -0.39 is 0 Å². The lowest BCUT2D eigenvalue weighted by Gasteiger charge is -2.37. The van der Waals surface area contributed by atoms with Crippen molar-refractivity contribution in [2.75, 3.05) is 31.1 Å². The molecule has 1 aromatic heterocycles. The zero-order valence-corrected chi connectivity index (χ0v) is 14.7. The molecule has 0 saturated carbocycles. The van der Waals surface area contributed by atoms with Gasteiger partial charge in [-0.25, -0.2) is 4.98 Å². The van der Waals surface area contributed by atoms with Gasteiger partial charge in [0.2, 0.25) is 0 Å². The van der Waals surface area contributed by atoms with Crippen LogP contribution in [0.2, 0.25) is 0 Å². The molecule has 0 spiro atoms. The van der Waals surface area contributed by atoms with E-state index in [0.717, 1.165) is 37.6 Å². The molecule has 0 aliphatic carbocycles. The van der Waals surface area contributed by atoms with Crippen LogP contribution in [0.5, 0.6) is 0 Å². The summed E-state index contributed by atoms with van der Waals surface area (Å²) in [5, 5.41) is 0. The van der Waals surface area contributed by atoms with Gasteiger partial charge in [0.25, 0.3) is 0 Å². The first-order valence-corrected chi connectivity index (χ1v) is 8.61. The van der Waals surface area contributed by atoms with Crippen molar-refractivity contribution < 1.29 is 4.79 Å². The second kappa shape index (κ2) is 7.14. The number of carbonyl (C=O) groups is 1. The van der Waals surface area contributed by atoms with Crippen LogP contribution in [0, 0.1) is 6.92 Å². The minimum absolute atomic E-state index is 0.0387. The normalized spacial score (nSPS) is 15.8. The SMILES string of the molecule is Cc1cc(N2CCN(C(C)C)CC2)ncc1C(=O)c1ccccc1. The molecule has 3 rings (SSSR count). The summed E-state index contributed by atoms with van der Waals surface area (Å²) in [7, 11) is 0. The van der Waals surface area contributed by atoms with Crippen molar-refractivity contribution in [3.8, 4) is 0 Å². The van der Waals surface area contributed by atoms with Gasteiger partial charge in [-0.1, -0.05) is 30.3 Å². The van der Waals surface area contributed by atoms with Gasteiger partial charge in [-0.3, -0.25) is 9.69 Å². The van der Waals surface area contributed by atoms with Gasteiger partial charge in [0, 0.05) is 49.5 Å². The molecule has 2 aromatic rings.